The minimum absolute atomic E-state index is 0.210. The number of carbonyl (C=O) groups is 2. The molecule has 0 atom stereocenters. The van der Waals surface area contributed by atoms with Gasteiger partial charge < -0.3 is 10.1 Å². The summed E-state index contributed by atoms with van der Waals surface area (Å²) in [6.45, 7) is 0.729. The number of carbonyl (C=O) groups excluding carboxylic acids is 2. The van der Waals surface area contributed by atoms with Crippen LogP contribution in [-0.2, 0) is 4.74 Å². The van der Waals surface area contributed by atoms with Gasteiger partial charge in [-0.05, 0) is 52.9 Å². The van der Waals surface area contributed by atoms with Crippen LogP contribution in [0, 0.1) is 9.39 Å². The minimum Gasteiger partial charge on any atom is -0.447 e. The highest BCUT2D eigenvalue weighted by Gasteiger charge is 2.26. The first-order chi connectivity index (χ1) is 11.1. The van der Waals surface area contributed by atoms with E-state index in [1.165, 1.54) is 17.0 Å². The maximum Gasteiger partial charge on any atom is 0.414 e. The number of ether oxygens (including phenoxy) is 1. The molecule has 5 nitrogen and oxygen atoms in total. The molecule has 1 fully saturated rings. The number of nitrogens with zero attached hydrogens (tertiary/aromatic N) is 1. The fourth-order valence-corrected chi connectivity index (χ4v) is 2.59. The van der Waals surface area contributed by atoms with Gasteiger partial charge in [0.2, 0.25) is 0 Å². The lowest BCUT2D eigenvalue weighted by atomic mass is 10.2. The van der Waals surface area contributed by atoms with E-state index in [9.17, 15) is 14.0 Å². The van der Waals surface area contributed by atoms with Gasteiger partial charge in [0, 0.05) is 9.13 Å². The molecular formula is C16H12FIN2O3. The Hall–Kier alpha value is -2.16. The summed E-state index contributed by atoms with van der Waals surface area (Å²) in [6.07, 6.45) is -0.452. The van der Waals surface area contributed by atoms with Crippen molar-refractivity contribution in [3.05, 3.63) is 57.4 Å². The van der Waals surface area contributed by atoms with Gasteiger partial charge in [0.05, 0.1) is 17.9 Å². The van der Waals surface area contributed by atoms with Crippen LogP contribution in [0.1, 0.15) is 10.4 Å². The third kappa shape index (κ3) is 3.29. The Morgan fingerprint density at radius 2 is 2.04 bits per heavy atom. The van der Waals surface area contributed by atoms with E-state index in [0.717, 1.165) is 0 Å². The first kappa shape index (κ1) is 15.7. The molecule has 1 N–H and O–H groups in total. The SMILES string of the molecule is O=C(Nc1ccccc1N1CCOC1=O)c1ccc(I)c(F)c1. The van der Waals surface area contributed by atoms with Crippen molar-refractivity contribution in [1.29, 1.82) is 0 Å². The van der Waals surface area contributed by atoms with E-state index in [1.807, 2.05) is 22.6 Å². The fraction of sp³-hybridized carbons (Fsp3) is 0.125. The van der Waals surface area contributed by atoms with Crippen molar-refractivity contribution in [2.75, 3.05) is 23.4 Å². The first-order valence-corrected chi connectivity index (χ1v) is 7.94. The number of halogens is 2. The van der Waals surface area contributed by atoms with Gasteiger partial charge in [-0.25, -0.2) is 9.18 Å². The molecule has 0 unspecified atom stereocenters. The highest BCUT2D eigenvalue weighted by atomic mass is 127. The molecule has 3 rings (SSSR count). The molecule has 0 radical (unpaired) electrons. The van der Waals surface area contributed by atoms with E-state index in [4.69, 9.17) is 4.74 Å². The molecule has 7 heteroatoms. The second-order valence-electron chi connectivity index (χ2n) is 4.87. The minimum atomic E-state index is -0.452. The van der Waals surface area contributed by atoms with Crippen LogP contribution in [0.25, 0.3) is 0 Å². The quantitative estimate of drug-likeness (QED) is 0.763. The average molecular weight is 426 g/mol. The summed E-state index contributed by atoms with van der Waals surface area (Å²) in [5, 5.41) is 2.71. The third-order valence-electron chi connectivity index (χ3n) is 3.39. The van der Waals surface area contributed by atoms with Gasteiger partial charge >= 0.3 is 6.09 Å². The van der Waals surface area contributed by atoms with Gasteiger partial charge in [-0.1, -0.05) is 12.1 Å². The van der Waals surface area contributed by atoms with Gasteiger partial charge in [0.25, 0.3) is 5.91 Å². The van der Waals surface area contributed by atoms with E-state index >= 15 is 0 Å². The molecule has 0 saturated carbocycles. The van der Waals surface area contributed by atoms with E-state index in [0.29, 0.717) is 28.1 Å². The van der Waals surface area contributed by atoms with Gasteiger partial charge in [-0.15, -0.1) is 0 Å². The maximum atomic E-state index is 13.6. The molecule has 23 heavy (non-hydrogen) atoms. The Kier molecular flexibility index (Phi) is 4.46. The van der Waals surface area contributed by atoms with Crippen molar-refractivity contribution in [1.82, 2.24) is 0 Å². The number of cyclic esters (lactones) is 1. The van der Waals surface area contributed by atoms with Crippen LogP contribution in [0.3, 0.4) is 0 Å². The smallest absolute Gasteiger partial charge is 0.414 e. The third-order valence-corrected chi connectivity index (χ3v) is 4.26. The number of amides is 2. The molecular weight excluding hydrogens is 414 g/mol. The zero-order valence-corrected chi connectivity index (χ0v) is 14.0. The largest absolute Gasteiger partial charge is 0.447 e. The van der Waals surface area contributed by atoms with Crippen molar-refractivity contribution in [3.8, 4) is 0 Å². The van der Waals surface area contributed by atoms with Crippen molar-refractivity contribution in [2.45, 2.75) is 0 Å². The van der Waals surface area contributed by atoms with Crippen LogP contribution < -0.4 is 10.2 Å². The number of hydrogen-bond acceptors (Lipinski definition) is 3. The zero-order chi connectivity index (χ0) is 16.4. The molecule has 2 aromatic carbocycles. The first-order valence-electron chi connectivity index (χ1n) is 6.86. The molecule has 0 aliphatic carbocycles. The Labute approximate surface area is 145 Å². The molecule has 0 aromatic heterocycles. The predicted molar refractivity (Wildman–Crippen MR) is 92.2 cm³/mol. The molecule has 1 saturated heterocycles. The number of para-hydroxylation sites is 2. The van der Waals surface area contributed by atoms with Crippen molar-refractivity contribution < 1.29 is 18.7 Å². The van der Waals surface area contributed by atoms with E-state index in [2.05, 4.69) is 5.32 Å². The molecule has 0 bridgehead atoms. The lowest BCUT2D eigenvalue weighted by molar-refractivity contribution is 0.102. The highest BCUT2D eigenvalue weighted by molar-refractivity contribution is 14.1. The van der Waals surface area contributed by atoms with Crippen molar-refractivity contribution >= 4 is 46.0 Å². The van der Waals surface area contributed by atoms with E-state index in [1.54, 1.807) is 30.3 Å². The molecule has 1 aliphatic rings. The fourth-order valence-electron chi connectivity index (χ4n) is 2.26. The monoisotopic (exact) mass is 426 g/mol. The molecule has 1 aliphatic heterocycles. The predicted octanol–water partition coefficient (Wildman–Crippen LogP) is 3.64. The summed E-state index contributed by atoms with van der Waals surface area (Å²) in [5.74, 6) is -0.894. The number of hydrogen-bond donors (Lipinski definition) is 1. The summed E-state index contributed by atoms with van der Waals surface area (Å²) in [5.41, 5.74) is 1.23. The summed E-state index contributed by atoms with van der Waals surface area (Å²) in [6, 6.07) is 11.2. The summed E-state index contributed by atoms with van der Waals surface area (Å²) >= 11 is 1.86. The van der Waals surface area contributed by atoms with Crippen LogP contribution in [0.2, 0.25) is 0 Å². The van der Waals surface area contributed by atoms with E-state index in [-0.39, 0.29) is 5.56 Å². The Morgan fingerprint density at radius 1 is 1.26 bits per heavy atom. The Balaban J connectivity index is 1.86. The number of anilines is 2. The Bertz CT molecular complexity index is 782. The normalized spacial score (nSPS) is 13.8. The summed E-state index contributed by atoms with van der Waals surface area (Å²) in [4.78, 5) is 25.5. The number of benzene rings is 2. The summed E-state index contributed by atoms with van der Waals surface area (Å²) in [7, 11) is 0. The topological polar surface area (TPSA) is 58.6 Å². The van der Waals surface area contributed by atoms with Crippen LogP contribution in [0.15, 0.2) is 42.5 Å². The van der Waals surface area contributed by atoms with Crippen LogP contribution in [-0.4, -0.2) is 25.2 Å². The standard InChI is InChI=1S/C16H12FIN2O3/c17-11-9-10(5-6-12(11)18)15(21)19-13-3-1-2-4-14(13)20-7-8-23-16(20)22/h1-6,9H,7-8H2,(H,19,21). The van der Waals surface area contributed by atoms with Crippen LogP contribution >= 0.6 is 22.6 Å². The second-order valence-corrected chi connectivity index (χ2v) is 6.03. The molecule has 2 aromatic rings. The molecule has 118 valence electrons. The number of rotatable bonds is 3. The molecule has 1 heterocycles. The van der Waals surface area contributed by atoms with Crippen molar-refractivity contribution in [2.24, 2.45) is 0 Å². The van der Waals surface area contributed by atoms with Gasteiger partial charge in [-0.2, -0.15) is 0 Å². The number of nitrogens with one attached hydrogen (secondary N) is 1. The van der Waals surface area contributed by atoms with E-state index < -0.39 is 17.8 Å². The van der Waals surface area contributed by atoms with Gasteiger partial charge in [0.15, 0.2) is 0 Å². The zero-order valence-electron chi connectivity index (χ0n) is 11.9. The summed E-state index contributed by atoms with van der Waals surface area (Å²) < 4.78 is 19.0. The van der Waals surface area contributed by atoms with Crippen molar-refractivity contribution in [3.63, 3.8) is 0 Å². The van der Waals surface area contributed by atoms with Crippen LogP contribution in [0.5, 0.6) is 0 Å². The average Bonchev–Trinajstić information content (AvgIpc) is 2.96. The Morgan fingerprint density at radius 3 is 2.74 bits per heavy atom. The lowest BCUT2D eigenvalue weighted by Crippen LogP contribution is -2.25. The van der Waals surface area contributed by atoms with Gasteiger partial charge in [0.1, 0.15) is 12.4 Å². The highest BCUT2D eigenvalue weighted by Crippen LogP contribution is 2.28. The van der Waals surface area contributed by atoms with Gasteiger partial charge in [-0.3, -0.25) is 9.69 Å². The molecule has 0 spiro atoms. The maximum absolute atomic E-state index is 13.6. The second kappa shape index (κ2) is 6.53. The van der Waals surface area contributed by atoms with Crippen LogP contribution in [0.4, 0.5) is 20.6 Å². The molecule has 2 amide bonds. The lowest BCUT2D eigenvalue weighted by Gasteiger charge is -2.17.